The summed E-state index contributed by atoms with van der Waals surface area (Å²) < 4.78 is 14.0. The van der Waals surface area contributed by atoms with Crippen molar-refractivity contribution in [2.75, 3.05) is 4.90 Å². The van der Waals surface area contributed by atoms with Crippen LogP contribution in [-0.4, -0.2) is 0 Å². The molecule has 3 heteroatoms. The van der Waals surface area contributed by atoms with Gasteiger partial charge >= 0.3 is 0 Å². The summed E-state index contributed by atoms with van der Waals surface area (Å²) in [7, 11) is 0. The van der Waals surface area contributed by atoms with Crippen LogP contribution in [-0.2, 0) is 16.2 Å². The van der Waals surface area contributed by atoms with E-state index in [9.17, 15) is 0 Å². The van der Waals surface area contributed by atoms with Gasteiger partial charge < -0.3 is 13.7 Å². The zero-order valence-corrected chi connectivity index (χ0v) is 44.6. The molecule has 3 aliphatic carbocycles. The minimum atomic E-state index is -0.348. The summed E-state index contributed by atoms with van der Waals surface area (Å²) in [5.74, 6) is 0. The molecule has 0 atom stereocenters. The molecule has 3 aliphatic rings. The van der Waals surface area contributed by atoms with Crippen molar-refractivity contribution in [3.8, 4) is 66.8 Å². The van der Waals surface area contributed by atoms with Gasteiger partial charge in [-0.3, -0.25) is 0 Å². The standard InChI is InChI=1S/C75H55NO2/c1-73(2)59-41-50(37-39-53(59)64-61(73)43-57(71-66(64)55-24-14-17-27-62(55)77-71)48-31-29-46(30-32-48)44-19-9-7-10-20-44)76(49-35-33-47(34-36-49)45-21-11-8-12-22-45)51-38-40-54-60(42-51)75(5,6)69-65(54)67-56-25-15-18-28-63(56)78-72(67)68-52-23-13-16-26-58(52)74(3,4)70(68)69/h7-43H,1-6H3. The van der Waals surface area contributed by atoms with Crippen LogP contribution in [0.4, 0.5) is 17.1 Å². The topological polar surface area (TPSA) is 29.5 Å². The maximum absolute atomic E-state index is 7.02. The van der Waals surface area contributed by atoms with E-state index in [4.69, 9.17) is 8.83 Å². The molecule has 3 nitrogen and oxygen atoms in total. The summed E-state index contributed by atoms with van der Waals surface area (Å²) in [5, 5.41) is 4.69. The average Bonchev–Trinajstić information content (AvgIpc) is 4.36. The Balaban J connectivity index is 0.891. The summed E-state index contributed by atoms with van der Waals surface area (Å²) in [6, 6.07) is 82.5. The quantitative estimate of drug-likeness (QED) is 0.166. The van der Waals surface area contributed by atoms with Gasteiger partial charge in [-0.1, -0.05) is 211 Å². The molecule has 0 fully saturated rings. The number of anilines is 3. The van der Waals surface area contributed by atoms with Gasteiger partial charge in [0.25, 0.3) is 0 Å². The van der Waals surface area contributed by atoms with Crippen LogP contribution in [0, 0.1) is 0 Å². The van der Waals surface area contributed by atoms with Gasteiger partial charge in [0.15, 0.2) is 0 Å². The summed E-state index contributed by atoms with van der Waals surface area (Å²) in [5.41, 5.74) is 28.9. The highest BCUT2D eigenvalue weighted by atomic mass is 16.3. The Labute approximate surface area is 454 Å². The van der Waals surface area contributed by atoms with E-state index in [-0.39, 0.29) is 16.2 Å². The second-order valence-electron chi connectivity index (χ2n) is 23.5. The summed E-state index contributed by atoms with van der Waals surface area (Å²) in [6.07, 6.45) is 0. The van der Waals surface area contributed by atoms with Gasteiger partial charge in [0.05, 0.1) is 0 Å². The lowest BCUT2D eigenvalue weighted by atomic mass is 9.72. The van der Waals surface area contributed by atoms with Crippen LogP contribution < -0.4 is 4.90 Å². The van der Waals surface area contributed by atoms with Crippen LogP contribution in [0.1, 0.15) is 74.9 Å². The third-order valence-corrected chi connectivity index (χ3v) is 18.2. The molecule has 0 radical (unpaired) electrons. The molecule has 0 unspecified atom stereocenters. The second-order valence-corrected chi connectivity index (χ2v) is 23.5. The van der Waals surface area contributed by atoms with Crippen molar-refractivity contribution < 1.29 is 8.83 Å². The van der Waals surface area contributed by atoms with Gasteiger partial charge in [-0.05, 0) is 144 Å². The van der Waals surface area contributed by atoms with Crippen LogP contribution in [0.3, 0.4) is 0 Å². The Morgan fingerprint density at radius 3 is 1.36 bits per heavy atom. The molecule has 0 saturated heterocycles. The first-order chi connectivity index (χ1) is 38.0. The van der Waals surface area contributed by atoms with Crippen LogP contribution in [0.25, 0.3) is 111 Å². The average molecular weight is 1000 g/mol. The van der Waals surface area contributed by atoms with Crippen molar-refractivity contribution in [2.24, 2.45) is 0 Å². The van der Waals surface area contributed by atoms with Gasteiger partial charge in [-0.2, -0.15) is 0 Å². The third kappa shape index (κ3) is 6.10. The molecule has 11 aromatic carbocycles. The van der Waals surface area contributed by atoms with E-state index in [0.717, 1.165) is 61.3 Å². The number of nitrogens with zero attached hydrogens (tertiary/aromatic N) is 1. The monoisotopic (exact) mass is 1000 g/mol. The first-order valence-electron chi connectivity index (χ1n) is 27.5. The third-order valence-electron chi connectivity index (χ3n) is 18.2. The van der Waals surface area contributed by atoms with Crippen molar-refractivity contribution in [1.29, 1.82) is 0 Å². The molecule has 0 saturated carbocycles. The van der Waals surface area contributed by atoms with Gasteiger partial charge in [0.1, 0.15) is 22.3 Å². The second kappa shape index (κ2) is 15.9. The van der Waals surface area contributed by atoms with Gasteiger partial charge in [-0.15, -0.1) is 0 Å². The number of rotatable bonds is 6. The van der Waals surface area contributed by atoms with Crippen LogP contribution >= 0.6 is 0 Å². The molecule has 372 valence electrons. The molecule has 0 spiro atoms. The molecule has 16 rings (SSSR count). The normalized spacial score (nSPS) is 14.8. The fourth-order valence-electron chi connectivity index (χ4n) is 14.4. The number of hydrogen-bond acceptors (Lipinski definition) is 3. The van der Waals surface area contributed by atoms with Crippen molar-refractivity contribution in [3.05, 3.63) is 258 Å². The smallest absolute Gasteiger partial charge is 0.144 e. The number of fused-ring (bicyclic) bond motifs is 19. The summed E-state index contributed by atoms with van der Waals surface area (Å²) in [6.45, 7) is 14.5. The molecule has 13 aromatic rings. The summed E-state index contributed by atoms with van der Waals surface area (Å²) in [4.78, 5) is 2.49. The molecule has 0 amide bonds. The lowest BCUT2D eigenvalue weighted by Crippen LogP contribution is -2.24. The fourth-order valence-corrected chi connectivity index (χ4v) is 14.4. The highest BCUT2D eigenvalue weighted by Crippen LogP contribution is 2.64. The number of hydrogen-bond donors (Lipinski definition) is 0. The predicted octanol–water partition coefficient (Wildman–Crippen LogP) is 20.9. The minimum Gasteiger partial charge on any atom is -0.455 e. The maximum atomic E-state index is 7.02. The van der Waals surface area contributed by atoms with Crippen LogP contribution in [0.15, 0.2) is 233 Å². The first-order valence-corrected chi connectivity index (χ1v) is 27.5. The fraction of sp³-hybridized carbons (Fsp3) is 0.120. The summed E-state index contributed by atoms with van der Waals surface area (Å²) >= 11 is 0. The lowest BCUT2D eigenvalue weighted by Gasteiger charge is -2.32. The zero-order valence-electron chi connectivity index (χ0n) is 44.6. The largest absolute Gasteiger partial charge is 0.455 e. The van der Waals surface area contributed by atoms with Gasteiger partial charge in [0, 0.05) is 66.0 Å². The molecule has 2 heterocycles. The van der Waals surface area contributed by atoms with Gasteiger partial charge in [0.2, 0.25) is 0 Å². The number of furan rings is 2. The van der Waals surface area contributed by atoms with Crippen molar-refractivity contribution in [3.63, 3.8) is 0 Å². The molecule has 0 aliphatic heterocycles. The van der Waals surface area contributed by atoms with Crippen molar-refractivity contribution in [1.82, 2.24) is 0 Å². The van der Waals surface area contributed by atoms with Crippen molar-refractivity contribution >= 4 is 60.9 Å². The Morgan fingerprint density at radius 2 is 0.731 bits per heavy atom. The molecular weight excluding hydrogens is 947 g/mol. The molecular formula is C75H55NO2. The van der Waals surface area contributed by atoms with E-state index in [1.54, 1.807) is 0 Å². The number of para-hydroxylation sites is 2. The van der Waals surface area contributed by atoms with Crippen LogP contribution in [0.5, 0.6) is 0 Å². The van der Waals surface area contributed by atoms with Crippen LogP contribution in [0.2, 0.25) is 0 Å². The zero-order chi connectivity index (χ0) is 52.4. The van der Waals surface area contributed by atoms with E-state index in [2.05, 4.69) is 271 Å². The van der Waals surface area contributed by atoms with Gasteiger partial charge in [-0.25, -0.2) is 0 Å². The van der Waals surface area contributed by atoms with Crippen molar-refractivity contribution in [2.45, 2.75) is 57.8 Å². The highest BCUT2D eigenvalue weighted by Gasteiger charge is 2.49. The number of benzene rings is 11. The lowest BCUT2D eigenvalue weighted by molar-refractivity contribution is 0.600. The Bertz CT molecular complexity index is 4660. The van der Waals surface area contributed by atoms with E-state index in [1.807, 2.05) is 0 Å². The minimum absolute atomic E-state index is 0.241. The SMILES string of the molecule is CC1(C)c2cc(N(c3ccc(-c4ccccc4)cc3)c3ccc4c(c3)C(C)(C)c3c5c(c6oc7ccccc7c6c3-4)-c3ccccc3C5(C)C)ccc2-c2c1cc(-c1ccc(-c3ccccc3)cc1)c1oc3ccccc3c21. The Kier molecular flexibility index (Phi) is 9.21. The molecule has 2 aromatic heterocycles. The highest BCUT2D eigenvalue weighted by molar-refractivity contribution is 6.21. The maximum Gasteiger partial charge on any atom is 0.144 e. The molecule has 78 heavy (non-hydrogen) atoms. The Morgan fingerprint density at radius 1 is 0.295 bits per heavy atom. The molecule has 0 bridgehead atoms. The van der Waals surface area contributed by atoms with E-state index < -0.39 is 0 Å². The molecule has 0 N–H and O–H groups in total. The van der Waals surface area contributed by atoms with E-state index >= 15 is 0 Å². The predicted molar refractivity (Wildman–Crippen MR) is 325 cm³/mol. The first kappa shape index (κ1) is 45.1. The van der Waals surface area contributed by atoms with E-state index in [0.29, 0.717) is 0 Å². The van der Waals surface area contributed by atoms with E-state index in [1.165, 1.54) is 99.8 Å². The Hall–Kier alpha value is -9.18.